The molecule has 0 spiro atoms. The molecule has 6 nitrogen and oxygen atoms in total. The fourth-order valence-corrected chi connectivity index (χ4v) is 3.22. The highest BCUT2D eigenvalue weighted by Crippen LogP contribution is 2.24. The minimum absolute atomic E-state index is 0.0303. The lowest BCUT2D eigenvalue weighted by Crippen LogP contribution is -2.53. The lowest BCUT2D eigenvalue weighted by Gasteiger charge is -2.29. The van der Waals surface area contributed by atoms with Gasteiger partial charge in [-0.05, 0) is 18.6 Å². The first kappa shape index (κ1) is 15.9. The number of methoxy groups -OCH3 is 1. The van der Waals surface area contributed by atoms with E-state index in [1.807, 2.05) is 0 Å². The van der Waals surface area contributed by atoms with Crippen LogP contribution in [0.2, 0.25) is 0 Å². The third kappa shape index (κ3) is 3.44. The summed E-state index contributed by atoms with van der Waals surface area (Å²) in [6, 6.07) is 6.15. The molecule has 1 aromatic rings. The Bertz CT molecular complexity index is 502. The Balaban J connectivity index is 3.18. The monoisotopic (exact) mass is 289 g/mol. The Kier molecular flexibility index (Phi) is 5.30. The van der Waals surface area contributed by atoms with Crippen LogP contribution >= 0.6 is 0 Å². The molecule has 0 aliphatic heterocycles. The van der Waals surface area contributed by atoms with Crippen molar-refractivity contribution in [2.24, 2.45) is 0 Å². The molecule has 108 valence electrons. The van der Waals surface area contributed by atoms with Gasteiger partial charge < -0.3 is 14.9 Å². The molecule has 3 N–H and O–H groups in total. The number of sulfonamides is 1. The van der Waals surface area contributed by atoms with Crippen molar-refractivity contribution in [1.29, 1.82) is 0 Å². The van der Waals surface area contributed by atoms with Crippen LogP contribution in [0.25, 0.3) is 0 Å². The van der Waals surface area contributed by atoms with Gasteiger partial charge in [-0.25, -0.2) is 13.1 Å². The zero-order chi connectivity index (χ0) is 14.5. The van der Waals surface area contributed by atoms with Crippen LogP contribution in [0.4, 0.5) is 0 Å². The quantitative estimate of drug-likeness (QED) is 0.662. The number of hydrogen-bond donors (Lipinski definition) is 3. The van der Waals surface area contributed by atoms with Gasteiger partial charge in [-0.15, -0.1) is 0 Å². The summed E-state index contributed by atoms with van der Waals surface area (Å²) in [6.07, 6.45) is 0.258. The molecule has 7 heteroatoms. The van der Waals surface area contributed by atoms with E-state index in [1.165, 1.54) is 19.2 Å². The van der Waals surface area contributed by atoms with Gasteiger partial charge in [-0.2, -0.15) is 0 Å². The summed E-state index contributed by atoms with van der Waals surface area (Å²) >= 11 is 0. The maximum Gasteiger partial charge on any atom is 0.244 e. The van der Waals surface area contributed by atoms with E-state index in [4.69, 9.17) is 4.74 Å². The number of aliphatic hydroxyl groups is 2. The molecular formula is C12H19NO5S. The third-order valence-corrected chi connectivity index (χ3v) is 4.61. The molecule has 0 aliphatic carbocycles. The number of aliphatic hydroxyl groups excluding tert-OH is 2. The molecular weight excluding hydrogens is 270 g/mol. The predicted octanol–water partition coefficient (Wildman–Crippen LogP) is 0.107. The molecule has 1 aromatic carbocycles. The molecule has 0 saturated carbocycles. The van der Waals surface area contributed by atoms with Gasteiger partial charge in [0, 0.05) is 0 Å². The molecule has 0 heterocycles. The van der Waals surface area contributed by atoms with Crippen molar-refractivity contribution in [3.05, 3.63) is 24.3 Å². The first-order valence-corrected chi connectivity index (χ1v) is 7.31. The smallest absolute Gasteiger partial charge is 0.244 e. The average Bonchev–Trinajstić information content (AvgIpc) is 2.45. The Morgan fingerprint density at radius 1 is 1.26 bits per heavy atom. The number of rotatable bonds is 7. The van der Waals surface area contributed by atoms with Crippen molar-refractivity contribution >= 4 is 10.0 Å². The minimum atomic E-state index is -3.89. The number of para-hydroxylation sites is 1. The van der Waals surface area contributed by atoms with Crippen molar-refractivity contribution in [1.82, 2.24) is 4.72 Å². The highest BCUT2D eigenvalue weighted by Gasteiger charge is 2.33. The molecule has 0 bridgehead atoms. The van der Waals surface area contributed by atoms with Crippen molar-refractivity contribution in [2.45, 2.75) is 23.8 Å². The molecule has 0 atom stereocenters. The lowest BCUT2D eigenvalue weighted by molar-refractivity contribution is 0.105. The normalized spacial score (nSPS) is 12.4. The second-order valence-electron chi connectivity index (χ2n) is 4.21. The van der Waals surface area contributed by atoms with Gasteiger partial charge >= 0.3 is 0 Å². The molecule has 0 radical (unpaired) electrons. The topological polar surface area (TPSA) is 95.9 Å². The Hall–Kier alpha value is -1.15. The molecule has 0 amide bonds. The van der Waals surface area contributed by atoms with E-state index in [2.05, 4.69) is 4.72 Å². The van der Waals surface area contributed by atoms with Gasteiger partial charge in [0.15, 0.2) is 0 Å². The molecule has 0 unspecified atom stereocenters. The first-order valence-electron chi connectivity index (χ1n) is 5.83. The number of hydrogen-bond acceptors (Lipinski definition) is 5. The maximum atomic E-state index is 12.3. The zero-order valence-corrected chi connectivity index (χ0v) is 11.8. The number of nitrogens with one attached hydrogen (secondary N) is 1. The average molecular weight is 289 g/mol. The third-order valence-electron chi connectivity index (χ3n) is 2.99. The highest BCUT2D eigenvalue weighted by atomic mass is 32.2. The highest BCUT2D eigenvalue weighted by molar-refractivity contribution is 7.89. The van der Waals surface area contributed by atoms with E-state index in [9.17, 15) is 18.6 Å². The predicted molar refractivity (Wildman–Crippen MR) is 70.5 cm³/mol. The van der Waals surface area contributed by atoms with Crippen LogP contribution in [0.1, 0.15) is 13.3 Å². The van der Waals surface area contributed by atoms with Crippen molar-refractivity contribution in [3.63, 3.8) is 0 Å². The molecule has 19 heavy (non-hydrogen) atoms. The van der Waals surface area contributed by atoms with Crippen molar-refractivity contribution < 1.29 is 23.4 Å². The van der Waals surface area contributed by atoms with Gasteiger partial charge in [0.1, 0.15) is 10.6 Å². The molecule has 0 aliphatic rings. The second-order valence-corrected chi connectivity index (χ2v) is 5.86. The van der Waals surface area contributed by atoms with Gasteiger partial charge in [-0.1, -0.05) is 19.1 Å². The van der Waals surface area contributed by atoms with Gasteiger partial charge in [0.25, 0.3) is 0 Å². The summed E-state index contributed by atoms with van der Waals surface area (Å²) in [4.78, 5) is -0.0303. The summed E-state index contributed by atoms with van der Waals surface area (Å²) in [5, 5.41) is 18.6. The first-order chi connectivity index (χ1) is 8.94. The maximum absolute atomic E-state index is 12.3. The number of benzene rings is 1. The van der Waals surface area contributed by atoms with Crippen LogP contribution in [0, 0.1) is 0 Å². The van der Waals surface area contributed by atoms with Crippen LogP contribution in [0.3, 0.4) is 0 Å². The molecule has 0 saturated heterocycles. The van der Waals surface area contributed by atoms with E-state index in [0.29, 0.717) is 0 Å². The summed E-state index contributed by atoms with van der Waals surface area (Å²) in [6.45, 7) is 0.694. The van der Waals surface area contributed by atoms with Gasteiger partial charge in [0.2, 0.25) is 10.0 Å². The van der Waals surface area contributed by atoms with E-state index in [-0.39, 0.29) is 17.1 Å². The van der Waals surface area contributed by atoms with Crippen LogP contribution in [-0.4, -0.2) is 44.5 Å². The van der Waals surface area contributed by atoms with Gasteiger partial charge in [-0.3, -0.25) is 0 Å². The molecule has 0 aromatic heterocycles. The van der Waals surface area contributed by atoms with Gasteiger partial charge in [0.05, 0.1) is 25.9 Å². The van der Waals surface area contributed by atoms with Crippen molar-refractivity contribution in [2.75, 3.05) is 20.3 Å². The van der Waals surface area contributed by atoms with Crippen LogP contribution in [-0.2, 0) is 10.0 Å². The van der Waals surface area contributed by atoms with Crippen molar-refractivity contribution in [3.8, 4) is 5.75 Å². The fraction of sp³-hybridized carbons (Fsp3) is 0.500. The van der Waals surface area contributed by atoms with E-state index < -0.39 is 28.8 Å². The van der Waals surface area contributed by atoms with Crippen LogP contribution in [0.15, 0.2) is 29.2 Å². The molecule has 1 rings (SSSR count). The molecule has 0 fully saturated rings. The Morgan fingerprint density at radius 3 is 2.32 bits per heavy atom. The Labute approximate surface area is 113 Å². The Morgan fingerprint density at radius 2 is 1.84 bits per heavy atom. The number of ether oxygens (including phenoxy) is 1. The zero-order valence-electron chi connectivity index (χ0n) is 11.0. The SMILES string of the molecule is CCC(CO)(CO)NS(=O)(=O)c1ccccc1OC. The lowest BCUT2D eigenvalue weighted by atomic mass is 10.0. The van der Waals surface area contributed by atoms with E-state index in [1.54, 1.807) is 19.1 Å². The summed E-state index contributed by atoms with van der Waals surface area (Å²) in [5.41, 5.74) is -1.28. The minimum Gasteiger partial charge on any atom is -0.495 e. The second kappa shape index (κ2) is 6.33. The van der Waals surface area contributed by atoms with E-state index >= 15 is 0 Å². The van der Waals surface area contributed by atoms with Crippen LogP contribution < -0.4 is 9.46 Å². The standard InChI is InChI=1S/C12H19NO5S/c1-3-12(8-14,9-15)13-19(16,17)11-7-5-4-6-10(11)18-2/h4-7,13-15H,3,8-9H2,1-2H3. The largest absolute Gasteiger partial charge is 0.495 e. The summed E-state index contributed by atoms with van der Waals surface area (Å²) in [7, 11) is -2.52. The summed E-state index contributed by atoms with van der Waals surface area (Å²) in [5.74, 6) is 0.205. The van der Waals surface area contributed by atoms with E-state index in [0.717, 1.165) is 0 Å². The fourth-order valence-electron chi connectivity index (χ4n) is 1.59. The van der Waals surface area contributed by atoms with Crippen LogP contribution in [0.5, 0.6) is 5.75 Å². The summed E-state index contributed by atoms with van der Waals surface area (Å²) < 4.78 is 31.9.